The van der Waals surface area contributed by atoms with Gasteiger partial charge in [0, 0.05) is 23.7 Å². The number of benzene rings is 2. The molecule has 0 radical (unpaired) electrons. The molecule has 1 saturated carbocycles. The van der Waals surface area contributed by atoms with Crippen molar-refractivity contribution in [1.29, 1.82) is 5.26 Å². The molecule has 0 saturated heterocycles. The number of carbonyl (C=O) groups excluding carboxylic acids is 1. The van der Waals surface area contributed by atoms with Crippen LogP contribution in [-0.2, 0) is 27.9 Å². The lowest BCUT2D eigenvalue weighted by Crippen LogP contribution is -2.36. The zero-order valence-electron chi connectivity index (χ0n) is 20.9. The van der Waals surface area contributed by atoms with Gasteiger partial charge in [0.25, 0.3) is 5.91 Å². The van der Waals surface area contributed by atoms with Crippen LogP contribution >= 0.6 is 34.8 Å². The summed E-state index contributed by atoms with van der Waals surface area (Å²) in [5.41, 5.74) is 0.544. The Bertz CT molecular complexity index is 1510. The second-order valence-electron chi connectivity index (χ2n) is 9.26. The fraction of sp³-hybridized carbons (Fsp3) is 0.286. The van der Waals surface area contributed by atoms with Gasteiger partial charge in [-0.1, -0.05) is 60.1 Å². The number of carbonyl (C=O) groups is 1. The van der Waals surface area contributed by atoms with Crippen molar-refractivity contribution in [2.24, 2.45) is 0 Å². The Hall–Kier alpha value is -2.80. The van der Waals surface area contributed by atoms with Crippen LogP contribution in [0.4, 0.5) is 0 Å². The molecule has 0 unspecified atom stereocenters. The molecular weight excluding hydrogens is 581 g/mol. The summed E-state index contributed by atoms with van der Waals surface area (Å²) in [5, 5.41) is 13.6. The SMILES string of the molecule is N#C/C(=C/c1ccc(CN(Cc2ccc(Cl)c(Cl)c2)S(=O)(=O)c2ccc(Cl)cc2)o1)C(=O)NC1CCCCC1. The van der Waals surface area contributed by atoms with E-state index >= 15 is 0 Å². The maximum Gasteiger partial charge on any atom is 0.262 e. The molecule has 4 rings (SSSR count). The Balaban J connectivity index is 1.57. The van der Waals surface area contributed by atoms with E-state index in [-0.39, 0.29) is 35.4 Å². The number of rotatable bonds is 9. The molecule has 1 aliphatic rings. The van der Waals surface area contributed by atoms with E-state index < -0.39 is 15.9 Å². The maximum atomic E-state index is 13.6. The van der Waals surface area contributed by atoms with Crippen molar-refractivity contribution in [1.82, 2.24) is 9.62 Å². The number of hydrogen-bond donors (Lipinski definition) is 1. The van der Waals surface area contributed by atoms with Gasteiger partial charge in [0.05, 0.1) is 21.5 Å². The topological polar surface area (TPSA) is 103 Å². The number of nitrogens with zero attached hydrogens (tertiary/aromatic N) is 2. The Morgan fingerprint density at radius 1 is 1.00 bits per heavy atom. The summed E-state index contributed by atoms with van der Waals surface area (Å²) in [6.45, 7) is -0.129. The number of furan rings is 1. The molecule has 0 spiro atoms. The molecule has 1 aliphatic carbocycles. The van der Waals surface area contributed by atoms with Crippen molar-refractivity contribution >= 4 is 56.8 Å². The highest BCUT2D eigenvalue weighted by Gasteiger charge is 2.26. The summed E-state index contributed by atoms with van der Waals surface area (Å²) in [4.78, 5) is 12.7. The molecule has 204 valence electrons. The summed E-state index contributed by atoms with van der Waals surface area (Å²) in [5.74, 6) is 0.136. The van der Waals surface area contributed by atoms with Crippen LogP contribution in [0.2, 0.25) is 15.1 Å². The average Bonchev–Trinajstić information content (AvgIpc) is 3.36. The van der Waals surface area contributed by atoms with Crippen molar-refractivity contribution in [2.45, 2.75) is 56.1 Å². The van der Waals surface area contributed by atoms with Crippen molar-refractivity contribution < 1.29 is 17.6 Å². The van der Waals surface area contributed by atoms with E-state index in [1.54, 1.807) is 30.3 Å². The van der Waals surface area contributed by atoms with Crippen LogP contribution in [0.5, 0.6) is 0 Å². The Kier molecular flexibility index (Phi) is 9.76. The first-order valence-electron chi connectivity index (χ1n) is 12.4. The molecule has 2 aromatic carbocycles. The van der Waals surface area contributed by atoms with E-state index in [0.29, 0.717) is 26.4 Å². The molecule has 39 heavy (non-hydrogen) atoms. The number of amides is 1. The molecule has 1 aromatic heterocycles. The minimum atomic E-state index is -3.98. The monoisotopic (exact) mass is 605 g/mol. The molecule has 1 N–H and O–H groups in total. The van der Waals surface area contributed by atoms with Gasteiger partial charge in [-0.3, -0.25) is 4.79 Å². The van der Waals surface area contributed by atoms with Gasteiger partial charge in [-0.15, -0.1) is 0 Å². The number of halogens is 3. The van der Waals surface area contributed by atoms with E-state index in [1.807, 2.05) is 6.07 Å². The molecule has 0 bridgehead atoms. The Morgan fingerprint density at radius 2 is 1.72 bits per heavy atom. The first-order valence-corrected chi connectivity index (χ1v) is 14.9. The van der Waals surface area contributed by atoms with Gasteiger partial charge < -0.3 is 9.73 Å². The quantitative estimate of drug-likeness (QED) is 0.209. The van der Waals surface area contributed by atoms with Gasteiger partial charge in [0.1, 0.15) is 23.2 Å². The highest BCUT2D eigenvalue weighted by molar-refractivity contribution is 7.89. The highest BCUT2D eigenvalue weighted by atomic mass is 35.5. The molecule has 0 aliphatic heterocycles. The van der Waals surface area contributed by atoms with Gasteiger partial charge in [-0.05, 0) is 66.9 Å². The fourth-order valence-corrected chi connectivity index (χ4v) is 6.20. The fourth-order valence-electron chi connectivity index (χ4n) is 4.35. The second-order valence-corrected chi connectivity index (χ2v) is 12.4. The molecule has 11 heteroatoms. The summed E-state index contributed by atoms with van der Waals surface area (Å²) in [7, 11) is -3.98. The van der Waals surface area contributed by atoms with Gasteiger partial charge in [0.15, 0.2) is 0 Å². The van der Waals surface area contributed by atoms with Crippen LogP contribution in [0.15, 0.2) is 69.5 Å². The highest BCUT2D eigenvalue weighted by Crippen LogP contribution is 2.27. The van der Waals surface area contributed by atoms with Crippen LogP contribution < -0.4 is 5.32 Å². The number of nitriles is 1. The van der Waals surface area contributed by atoms with Gasteiger partial charge in [-0.25, -0.2) is 8.42 Å². The third kappa shape index (κ3) is 7.65. The minimum Gasteiger partial charge on any atom is -0.460 e. The lowest BCUT2D eigenvalue weighted by molar-refractivity contribution is -0.117. The predicted molar refractivity (Wildman–Crippen MR) is 152 cm³/mol. The Labute approximate surface area is 243 Å². The minimum absolute atomic E-state index is 0.0129. The van der Waals surface area contributed by atoms with Gasteiger partial charge >= 0.3 is 0 Å². The zero-order chi connectivity index (χ0) is 28.0. The molecule has 7 nitrogen and oxygen atoms in total. The third-order valence-electron chi connectivity index (χ3n) is 6.40. The number of hydrogen-bond acceptors (Lipinski definition) is 5. The molecule has 1 heterocycles. The van der Waals surface area contributed by atoms with Crippen molar-refractivity contribution in [3.05, 3.63) is 92.3 Å². The molecule has 1 amide bonds. The molecular formula is C28H26Cl3N3O4S. The summed E-state index contributed by atoms with van der Waals surface area (Å²) in [6.07, 6.45) is 6.40. The number of nitrogens with one attached hydrogen (secondary N) is 1. The van der Waals surface area contributed by atoms with E-state index in [9.17, 15) is 18.5 Å². The molecule has 3 aromatic rings. The lowest BCUT2D eigenvalue weighted by Gasteiger charge is -2.22. The second kappa shape index (κ2) is 13.0. The van der Waals surface area contributed by atoms with E-state index in [2.05, 4.69) is 5.32 Å². The van der Waals surface area contributed by atoms with Crippen LogP contribution in [0.1, 0.15) is 49.2 Å². The smallest absolute Gasteiger partial charge is 0.262 e. The van der Waals surface area contributed by atoms with Crippen LogP contribution in [-0.4, -0.2) is 24.7 Å². The van der Waals surface area contributed by atoms with Crippen LogP contribution in [0.3, 0.4) is 0 Å². The van der Waals surface area contributed by atoms with E-state index in [1.165, 1.54) is 34.6 Å². The largest absolute Gasteiger partial charge is 0.460 e. The average molecular weight is 607 g/mol. The van der Waals surface area contributed by atoms with Crippen molar-refractivity contribution in [3.8, 4) is 6.07 Å². The van der Waals surface area contributed by atoms with Gasteiger partial charge in [-0.2, -0.15) is 9.57 Å². The molecule has 1 fully saturated rings. The third-order valence-corrected chi connectivity index (χ3v) is 9.20. The van der Waals surface area contributed by atoms with Crippen LogP contribution in [0, 0.1) is 11.3 Å². The predicted octanol–water partition coefficient (Wildman–Crippen LogP) is 6.99. The first-order chi connectivity index (χ1) is 18.7. The zero-order valence-corrected chi connectivity index (χ0v) is 24.0. The lowest BCUT2D eigenvalue weighted by atomic mass is 9.95. The van der Waals surface area contributed by atoms with E-state index in [0.717, 1.165) is 32.1 Å². The van der Waals surface area contributed by atoms with Crippen molar-refractivity contribution in [3.63, 3.8) is 0 Å². The summed E-state index contributed by atoms with van der Waals surface area (Å²) < 4.78 is 34.3. The van der Waals surface area contributed by atoms with Crippen molar-refractivity contribution in [2.75, 3.05) is 0 Å². The summed E-state index contributed by atoms with van der Waals surface area (Å²) in [6, 6.07) is 16.0. The number of sulfonamides is 1. The maximum absolute atomic E-state index is 13.6. The standard InChI is InChI=1S/C28H26Cl3N3O4S/c29-21-7-11-25(12-8-21)39(36,37)34(17-19-6-13-26(30)27(31)14-19)18-24-10-9-23(38-24)15-20(16-32)28(35)33-22-4-2-1-3-5-22/h6-15,22H,1-5,17-18H2,(H,33,35)/b20-15-. The van der Waals surface area contributed by atoms with E-state index in [4.69, 9.17) is 39.2 Å². The normalized spacial score (nSPS) is 14.8. The Morgan fingerprint density at radius 3 is 2.38 bits per heavy atom. The van der Waals surface area contributed by atoms with Crippen LogP contribution in [0.25, 0.3) is 6.08 Å². The van der Waals surface area contributed by atoms with Gasteiger partial charge in [0.2, 0.25) is 10.0 Å². The first kappa shape index (κ1) is 29.2. The summed E-state index contributed by atoms with van der Waals surface area (Å²) >= 11 is 18.2. The molecule has 0 atom stereocenters.